The highest BCUT2D eigenvalue weighted by Crippen LogP contribution is 2.33. The van der Waals surface area contributed by atoms with Crippen molar-refractivity contribution in [2.24, 2.45) is 0 Å². The van der Waals surface area contributed by atoms with Gasteiger partial charge in [0, 0.05) is 12.7 Å². The highest BCUT2D eigenvalue weighted by molar-refractivity contribution is 7.10. The van der Waals surface area contributed by atoms with Crippen LogP contribution in [0.25, 0.3) is 0 Å². The molecular formula is C13H19N3OS. The van der Waals surface area contributed by atoms with Crippen LogP contribution in [-0.4, -0.2) is 23.2 Å². The second kappa shape index (κ2) is 6.02. The van der Waals surface area contributed by atoms with E-state index in [-0.39, 0.29) is 6.04 Å². The number of thiophene rings is 1. The van der Waals surface area contributed by atoms with Crippen LogP contribution in [0.5, 0.6) is 5.75 Å². The Kier molecular flexibility index (Phi) is 4.38. The molecule has 2 rings (SSSR count). The topological polar surface area (TPSA) is 39.1 Å². The molecule has 0 aromatic carbocycles. The summed E-state index contributed by atoms with van der Waals surface area (Å²) in [6.45, 7) is 6.04. The molecule has 0 aliphatic carbocycles. The SMILES string of the molecule is CCNC(c1cn(CC)cn1)c1sccc1OC. The summed E-state index contributed by atoms with van der Waals surface area (Å²) in [5.41, 5.74) is 1.04. The van der Waals surface area contributed by atoms with Crippen molar-refractivity contribution in [3.05, 3.63) is 34.5 Å². The standard InChI is InChI=1S/C13H19N3OS/c1-4-14-12(10-8-16(5-2)9-15-10)13-11(17-3)6-7-18-13/h6-9,12,14H,4-5H2,1-3H3. The number of aromatic nitrogens is 2. The molecule has 0 fully saturated rings. The lowest BCUT2D eigenvalue weighted by molar-refractivity contribution is 0.407. The number of nitrogens with zero attached hydrogens (tertiary/aromatic N) is 2. The van der Waals surface area contributed by atoms with E-state index in [0.29, 0.717) is 0 Å². The van der Waals surface area contributed by atoms with E-state index in [1.54, 1.807) is 18.4 Å². The van der Waals surface area contributed by atoms with Crippen LogP contribution >= 0.6 is 11.3 Å². The van der Waals surface area contributed by atoms with Crippen molar-refractivity contribution >= 4 is 11.3 Å². The summed E-state index contributed by atoms with van der Waals surface area (Å²) in [4.78, 5) is 5.67. The van der Waals surface area contributed by atoms with Crippen LogP contribution in [0.4, 0.5) is 0 Å². The summed E-state index contributed by atoms with van der Waals surface area (Å²) in [5, 5.41) is 5.52. The zero-order valence-corrected chi connectivity index (χ0v) is 11.8. The smallest absolute Gasteiger partial charge is 0.134 e. The molecule has 0 spiro atoms. The quantitative estimate of drug-likeness (QED) is 0.873. The van der Waals surface area contributed by atoms with Crippen LogP contribution in [0, 0.1) is 0 Å². The monoisotopic (exact) mass is 265 g/mol. The fourth-order valence-corrected chi connectivity index (χ4v) is 2.87. The fraction of sp³-hybridized carbons (Fsp3) is 0.462. The highest BCUT2D eigenvalue weighted by Gasteiger charge is 2.20. The van der Waals surface area contributed by atoms with E-state index in [9.17, 15) is 0 Å². The Labute approximate surface area is 112 Å². The van der Waals surface area contributed by atoms with Gasteiger partial charge < -0.3 is 14.6 Å². The van der Waals surface area contributed by atoms with Gasteiger partial charge in [0.1, 0.15) is 5.75 Å². The van der Waals surface area contributed by atoms with E-state index in [2.05, 4.69) is 40.3 Å². The summed E-state index contributed by atoms with van der Waals surface area (Å²) < 4.78 is 7.49. The minimum absolute atomic E-state index is 0.109. The third-order valence-corrected chi connectivity index (χ3v) is 3.82. The summed E-state index contributed by atoms with van der Waals surface area (Å²) >= 11 is 1.70. The molecule has 2 aromatic heterocycles. The number of imidazole rings is 1. The lowest BCUT2D eigenvalue weighted by atomic mass is 10.1. The maximum Gasteiger partial charge on any atom is 0.134 e. The Morgan fingerprint density at radius 3 is 2.94 bits per heavy atom. The molecule has 1 atom stereocenters. The lowest BCUT2D eigenvalue weighted by Crippen LogP contribution is -2.21. The Bertz CT molecular complexity index is 492. The maximum atomic E-state index is 5.40. The Balaban J connectivity index is 2.33. The first-order chi connectivity index (χ1) is 8.80. The molecule has 0 amide bonds. The van der Waals surface area contributed by atoms with Crippen molar-refractivity contribution in [3.63, 3.8) is 0 Å². The molecule has 0 bridgehead atoms. The van der Waals surface area contributed by atoms with Gasteiger partial charge in [0.05, 0.1) is 30.1 Å². The van der Waals surface area contributed by atoms with E-state index in [4.69, 9.17) is 4.74 Å². The third kappa shape index (κ3) is 2.57. The second-order valence-corrected chi connectivity index (χ2v) is 4.92. The first-order valence-corrected chi connectivity index (χ1v) is 7.04. The second-order valence-electron chi connectivity index (χ2n) is 3.97. The number of hydrogen-bond donors (Lipinski definition) is 1. The first kappa shape index (κ1) is 13.1. The van der Waals surface area contributed by atoms with Gasteiger partial charge in [0.25, 0.3) is 0 Å². The van der Waals surface area contributed by atoms with Crippen molar-refractivity contribution < 1.29 is 4.74 Å². The molecule has 0 saturated carbocycles. The molecular weight excluding hydrogens is 246 g/mol. The molecule has 0 aliphatic heterocycles. The minimum atomic E-state index is 0.109. The predicted molar refractivity (Wildman–Crippen MR) is 74.3 cm³/mol. The summed E-state index contributed by atoms with van der Waals surface area (Å²) in [5.74, 6) is 0.928. The average Bonchev–Trinajstić information content (AvgIpc) is 3.04. The molecule has 98 valence electrons. The zero-order valence-electron chi connectivity index (χ0n) is 11.0. The summed E-state index contributed by atoms with van der Waals surface area (Å²) in [6, 6.07) is 2.11. The van der Waals surface area contributed by atoms with Gasteiger partial charge in [-0.1, -0.05) is 6.92 Å². The van der Waals surface area contributed by atoms with E-state index in [1.807, 2.05) is 12.4 Å². The van der Waals surface area contributed by atoms with Gasteiger partial charge in [-0.3, -0.25) is 0 Å². The van der Waals surface area contributed by atoms with Crippen molar-refractivity contribution in [1.82, 2.24) is 14.9 Å². The molecule has 1 N–H and O–H groups in total. The molecule has 2 heterocycles. The van der Waals surface area contributed by atoms with Crippen LogP contribution in [0.3, 0.4) is 0 Å². The molecule has 18 heavy (non-hydrogen) atoms. The molecule has 4 nitrogen and oxygen atoms in total. The van der Waals surface area contributed by atoms with Crippen LogP contribution in [0.1, 0.15) is 30.5 Å². The van der Waals surface area contributed by atoms with E-state index in [1.165, 1.54) is 4.88 Å². The summed E-state index contributed by atoms with van der Waals surface area (Å²) in [7, 11) is 1.71. The largest absolute Gasteiger partial charge is 0.496 e. The summed E-state index contributed by atoms with van der Waals surface area (Å²) in [6.07, 6.45) is 3.96. The maximum absolute atomic E-state index is 5.40. The minimum Gasteiger partial charge on any atom is -0.496 e. The number of methoxy groups -OCH3 is 1. The molecule has 0 radical (unpaired) electrons. The highest BCUT2D eigenvalue weighted by atomic mass is 32.1. The normalized spacial score (nSPS) is 12.6. The van der Waals surface area contributed by atoms with Gasteiger partial charge in [-0.05, 0) is 24.9 Å². The molecule has 2 aromatic rings. The lowest BCUT2D eigenvalue weighted by Gasteiger charge is -2.15. The van der Waals surface area contributed by atoms with Gasteiger partial charge in [-0.2, -0.15) is 0 Å². The van der Waals surface area contributed by atoms with Crippen LogP contribution < -0.4 is 10.1 Å². The van der Waals surface area contributed by atoms with Crippen molar-refractivity contribution in [1.29, 1.82) is 0 Å². The van der Waals surface area contributed by atoms with Gasteiger partial charge >= 0.3 is 0 Å². The number of aryl methyl sites for hydroxylation is 1. The number of ether oxygens (including phenoxy) is 1. The van der Waals surface area contributed by atoms with Gasteiger partial charge in [0.15, 0.2) is 0 Å². The Morgan fingerprint density at radius 1 is 1.50 bits per heavy atom. The number of nitrogens with one attached hydrogen (secondary N) is 1. The van der Waals surface area contributed by atoms with Crippen LogP contribution in [0.15, 0.2) is 24.0 Å². The zero-order chi connectivity index (χ0) is 13.0. The van der Waals surface area contributed by atoms with E-state index < -0.39 is 0 Å². The molecule has 1 unspecified atom stereocenters. The van der Waals surface area contributed by atoms with E-state index in [0.717, 1.165) is 24.5 Å². The molecule has 0 aliphatic rings. The van der Waals surface area contributed by atoms with Crippen LogP contribution in [0.2, 0.25) is 0 Å². The van der Waals surface area contributed by atoms with Crippen molar-refractivity contribution in [2.45, 2.75) is 26.4 Å². The number of hydrogen-bond acceptors (Lipinski definition) is 4. The van der Waals surface area contributed by atoms with Gasteiger partial charge in [-0.25, -0.2) is 4.98 Å². The Hall–Kier alpha value is -1.33. The van der Waals surface area contributed by atoms with E-state index >= 15 is 0 Å². The Morgan fingerprint density at radius 2 is 2.33 bits per heavy atom. The van der Waals surface area contributed by atoms with Gasteiger partial charge in [-0.15, -0.1) is 11.3 Å². The van der Waals surface area contributed by atoms with Crippen molar-refractivity contribution in [3.8, 4) is 5.75 Å². The first-order valence-electron chi connectivity index (χ1n) is 6.16. The number of rotatable bonds is 6. The third-order valence-electron chi connectivity index (χ3n) is 2.86. The van der Waals surface area contributed by atoms with Gasteiger partial charge in [0.2, 0.25) is 0 Å². The molecule has 0 saturated heterocycles. The predicted octanol–water partition coefficient (Wildman–Crippen LogP) is 2.67. The fourth-order valence-electron chi connectivity index (χ4n) is 1.92. The molecule has 5 heteroatoms. The van der Waals surface area contributed by atoms with Crippen molar-refractivity contribution in [2.75, 3.05) is 13.7 Å². The van der Waals surface area contributed by atoms with Crippen LogP contribution in [-0.2, 0) is 6.54 Å². The average molecular weight is 265 g/mol.